The molecule has 0 aromatic rings. The molecular weight excluding hydrogens is 280 g/mol. The van der Waals surface area contributed by atoms with E-state index in [0.717, 1.165) is 19.3 Å². The lowest BCUT2D eigenvalue weighted by atomic mass is 9.80. The highest BCUT2D eigenvalue weighted by molar-refractivity contribution is 6.03. The van der Waals surface area contributed by atoms with Gasteiger partial charge in [-0.05, 0) is 18.3 Å². The number of amides is 3. The Hall–Kier alpha value is -1.39. The summed E-state index contributed by atoms with van der Waals surface area (Å²) in [6.45, 7) is 9.13. The van der Waals surface area contributed by atoms with Crippen LogP contribution in [0.4, 0.5) is 0 Å². The van der Waals surface area contributed by atoms with Crippen LogP contribution in [0.1, 0.15) is 66.2 Å². The van der Waals surface area contributed by atoms with Crippen molar-refractivity contribution in [3.63, 3.8) is 0 Å². The monoisotopic (exact) mass is 310 g/mol. The SMILES string of the molecule is CCCCCNC(=O)CCCN1C(=O)CC(C(C)(C)C)C1=O. The minimum atomic E-state index is -0.233. The van der Waals surface area contributed by atoms with Crippen molar-refractivity contribution in [1.29, 1.82) is 0 Å². The third kappa shape index (κ3) is 5.43. The van der Waals surface area contributed by atoms with E-state index in [2.05, 4.69) is 12.2 Å². The highest BCUT2D eigenvalue weighted by Gasteiger charge is 2.44. The zero-order chi connectivity index (χ0) is 16.8. The van der Waals surface area contributed by atoms with Crippen LogP contribution in [0.5, 0.6) is 0 Å². The van der Waals surface area contributed by atoms with Gasteiger partial charge in [0.2, 0.25) is 17.7 Å². The molecule has 1 aliphatic heterocycles. The van der Waals surface area contributed by atoms with Gasteiger partial charge >= 0.3 is 0 Å². The lowest BCUT2D eigenvalue weighted by molar-refractivity contribution is -0.140. The van der Waals surface area contributed by atoms with Crippen molar-refractivity contribution in [3.05, 3.63) is 0 Å². The van der Waals surface area contributed by atoms with Gasteiger partial charge in [-0.3, -0.25) is 19.3 Å². The minimum Gasteiger partial charge on any atom is -0.356 e. The quantitative estimate of drug-likeness (QED) is 0.553. The molecule has 0 aromatic carbocycles. The molecule has 1 rings (SSSR count). The van der Waals surface area contributed by atoms with E-state index in [9.17, 15) is 14.4 Å². The van der Waals surface area contributed by atoms with Gasteiger partial charge in [0.25, 0.3) is 0 Å². The number of imide groups is 1. The molecule has 1 atom stereocenters. The van der Waals surface area contributed by atoms with E-state index in [1.165, 1.54) is 4.90 Å². The second-order valence-electron chi connectivity index (χ2n) is 7.17. The molecule has 0 aliphatic carbocycles. The number of unbranched alkanes of at least 4 members (excludes halogenated alkanes) is 2. The van der Waals surface area contributed by atoms with E-state index >= 15 is 0 Å². The number of nitrogens with one attached hydrogen (secondary N) is 1. The smallest absolute Gasteiger partial charge is 0.233 e. The molecule has 5 heteroatoms. The molecular formula is C17H30N2O3. The Morgan fingerprint density at radius 1 is 1.23 bits per heavy atom. The van der Waals surface area contributed by atoms with Crippen LogP contribution in [0, 0.1) is 11.3 Å². The maximum Gasteiger partial charge on any atom is 0.233 e. The minimum absolute atomic E-state index is 0.00238. The fourth-order valence-electron chi connectivity index (χ4n) is 2.68. The molecule has 5 nitrogen and oxygen atoms in total. The molecule has 1 heterocycles. The van der Waals surface area contributed by atoms with Crippen LogP contribution in [0.15, 0.2) is 0 Å². The van der Waals surface area contributed by atoms with Crippen LogP contribution < -0.4 is 5.32 Å². The van der Waals surface area contributed by atoms with E-state index in [1.807, 2.05) is 20.8 Å². The lowest BCUT2D eigenvalue weighted by Crippen LogP contribution is -2.35. The number of hydrogen-bond donors (Lipinski definition) is 1. The average molecular weight is 310 g/mol. The number of hydrogen-bond acceptors (Lipinski definition) is 3. The van der Waals surface area contributed by atoms with E-state index in [1.54, 1.807) is 0 Å². The Balaban J connectivity index is 2.31. The summed E-state index contributed by atoms with van der Waals surface area (Å²) in [4.78, 5) is 37.3. The maximum atomic E-state index is 12.3. The van der Waals surface area contributed by atoms with Crippen LogP contribution in [0.3, 0.4) is 0 Å². The molecule has 1 aliphatic rings. The van der Waals surface area contributed by atoms with E-state index in [4.69, 9.17) is 0 Å². The number of likely N-dealkylation sites (tertiary alicyclic amines) is 1. The molecule has 0 saturated carbocycles. The topological polar surface area (TPSA) is 66.5 Å². The lowest BCUT2D eigenvalue weighted by Gasteiger charge is -2.24. The number of nitrogens with zero attached hydrogens (tertiary/aromatic N) is 1. The Morgan fingerprint density at radius 2 is 1.91 bits per heavy atom. The van der Waals surface area contributed by atoms with Gasteiger partial charge in [0, 0.05) is 25.9 Å². The maximum absolute atomic E-state index is 12.3. The molecule has 1 saturated heterocycles. The van der Waals surface area contributed by atoms with Crippen LogP contribution in [0.2, 0.25) is 0 Å². The normalized spacial score (nSPS) is 18.9. The van der Waals surface area contributed by atoms with Gasteiger partial charge < -0.3 is 5.32 Å². The average Bonchev–Trinajstić information content (AvgIpc) is 2.71. The second-order valence-corrected chi connectivity index (χ2v) is 7.17. The first-order valence-electron chi connectivity index (χ1n) is 8.38. The van der Waals surface area contributed by atoms with Crippen molar-refractivity contribution in [2.75, 3.05) is 13.1 Å². The summed E-state index contributed by atoms with van der Waals surface area (Å²) in [5.41, 5.74) is -0.196. The third-order valence-corrected chi connectivity index (χ3v) is 4.18. The third-order valence-electron chi connectivity index (χ3n) is 4.18. The van der Waals surface area contributed by atoms with Gasteiger partial charge in [0.15, 0.2) is 0 Å². The van der Waals surface area contributed by atoms with Crippen molar-refractivity contribution < 1.29 is 14.4 Å². The fourth-order valence-corrected chi connectivity index (χ4v) is 2.68. The summed E-state index contributed by atoms with van der Waals surface area (Å²) in [7, 11) is 0. The zero-order valence-corrected chi connectivity index (χ0v) is 14.4. The highest BCUT2D eigenvalue weighted by atomic mass is 16.2. The van der Waals surface area contributed by atoms with Crippen molar-refractivity contribution in [2.45, 2.75) is 66.2 Å². The van der Waals surface area contributed by atoms with Crippen molar-refractivity contribution in [3.8, 4) is 0 Å². The summed E-state index contributed by atoms with van der Waals surface area (Å²) in [5, 5.41) is 2.87. The molecule has 1 unspecified atom stereocenters. The standard InChI is InChI=1S/C17H30N2O3/c1-5-6-7-10-18-14(20)9-8-11-19-15(21)12-13(16(19)22)17(2,3)4/h13H,5-12H2,1-4H3,(H,18,20). The van der Waals surface area contributed by atoms with Crippen LogP contribution in [0.25, 0.3) is 0 Å². The van der Waals surface area contributed by atoms with Gasteiger partial charge in [-0.15, -0.1) is 0 Å². The largest absolute Gasteiger partial charge is 0.356 e. The predicted octanol–water partition coefficient (Wildman–Crippen LogP) is 2.49. The van der Waals surface area contributed by atoms with Crippen LogP contribution in [-0.2, 0) is 14.4 Å². The summed E-state index contributed by atoms with van der Waals surface area (Å²) in [6, 6.07) is 0. The van der Waals surface area contributed by atoms with Gasteiger partial charge in [0.05, 0.1) is 5.92 Å². The summed E-state index contributed by atoms with van der Waals surface area (Å²) in [5.74, 6) is -0.417. The van der Waals surface area contributed by atoms with Crippen molar-refractivity contribution in [2.24, 2.45) is 11.3 Å². The summed E-state index contributed by atoms with van der Waals surface area (Å²) < 4.78 is 0. The van der Waals surface area contributed by atoms with Crippen LogP contribution in [-0.4, -0.2) is 35.7 Å². The first-order valence-corrected chi connectivity index (χ1v) is 8.38. The summed E-state index contributed by atoms with van der Waals surface area (Å²) >= 11 is 0. The predicted molar refractivity (Wildman–Crippen MR) is 86.1 cm³/mol. The van der Waals surface area contributed by atoms with Gasteiger partial charge in [-0.25, -0.2) is 0 Å². The van der Waals surface area contributed by atoms with Crippen molar-refractivity contribution >= 4 is 17.7 Å². The van der Waals surface area contributed by atoms with E-state index < -0.39 is 0 Å². The van der Waals surface area contributed by atoms with Gasteiger partial charge in [-0.1, -0.05) is 40.5 Å². The number of rotatable bonds is 8. The van der Waals surface area contributed by atoms with Crippen molar-refractivity contribution in [1.82, 2.24) is 10.2 Å². The molecule has 3 amide bonds. The fraction of sp³-hybridized carbons (Fsp3) is 0.824. The van der Waals surface area contributed by atoms with E-state index in [0.29, 0.717) is 32.4 Å². The Bertz CT molecular complexity index is 413. The molecule has 0 radical (unpaired) electrons. The van der Waals surface area contributed by atoms with Gasteiger partial charge in [0.1, 0.15) is 0 Å². The number of carbonyl (C=O) groups excluding carboxylic acids is 3. The number of carbonyl (C=O) groups is 3. The molecule has 0 aromatic heterocycles. The molecule has 1 N–H and O–H groups in total. The van der Waals surface area contributed by atoms with Gasteiger partial charge in [-0.2, -0.15) is 0 Å². The summed E-state index contributed by atoms with van der Waals surface area (Å²) in [6.07, 6.45) is 4.44. The second kappa shape index (κ2) is 8.30. The Kier molecular flexibility index (Phi) is 7.04. The molecule has 126 valence electrons. The zero-order valence-electron chi connectivity index (χ0n) is 14.4. The Labute approximate surface area is 133 Å². The Morgan fingerprint density at radius 3 is 2.45 bits per heavy atom. The highest BCUT2D eigenvalue weighted by Crippen LogP contribution is 2.35. The first kappa shape index (κ1) is 18.7. The van der Waals surface area contributed by atoms with Crippen LogP contribution >= 0.6 is 0 Å². The van der Waals surface area contributed by atoms with E-state index in [-0.39, 0.29) is 29.1 Å². The molecule has 0 spiro atoms. The first-order chi connectivity index (χ1) is 10.3. The molecule has 22 heavy (non-hydrogen) atoms. The molecule has 1 fully saturated rings. The molecule has 0 bridgehead atoms.